The van der Waals surface area contributed by atoms with E-state index in [1.54, 1.807) is 0 Å². The van der Waals surface area contributed by atoms with E-state index in [4.69, 9.17) is 2.74 Å². The first-order valence-electron chi connectivity index (χ1n) is 6.98. The molecule has 0 aliphatic carbocycles. The molecule has 1 N–H and O–H groups in total. The van der Waals surface area contributed by atoms with Crippen LogP contribution >= 0.6 is 0 Å². The summed E-state index contributed by atoms with van der Waals surface area (Å²) in [6.45, 7) is 3.36. The van der Waals surface area contributed by atoms with E-state index in [1.165, 1.54) is 0 Å². The highest BCUT2D eigenvalue weighted by Crippen LogP contribution is 2.23. The molecule has 0 radical (unpaired) electrons. The topological polar surface area (TPSA) is 12.0 Å². The van der Waals surface area contributed by atoms with Crippen molar-refractivity contribution in [3.63, 3.8) is 0 Å². The normalized spacial score (nSPS) is 14.3. The number of benzene rings is 2. The quantitative estimate of drug-likeness (QED) is 0.802. The first-order chi connectivity index (χ1) is 8.76. The van der Waals surface area contributed by atoms with Crippen LogP contribution in [0.1, 0.15) is 23.0 Å². The van der Waals surface area contributed by atoms with Crippen LogP contribution in [0.15, 0.2) is 42.4 Å². The number of nitrogens with one attached hydrogen (secondary N) is 1. The standard InChI is InChI=1S/C15H19N/c1-3-12(2)11-16-15-10-6-8-13-7-4-5-9-14(13)15/h4-10,12,16H,3,11H2,1-2H3/i2D,9D. The van der Waals surface area contributed by atoms with Gasteiger partial charge in [0.2, 0.25) is 0 Å². The van der Waals surface area contributed by atoms with E-state index in [1.807, 2.05) is 36.4 Å². The van der Waals surface area contributed by atoms with E-state index in [0.29, 0.717) is 18.9 Å². The van der Waals surface area contributed by atoms with Crippen molar-refractivity contribution in [3.05, 3.63) is 42.4 Å². The molecule has 1 nitrogen and oxygen atoms in total. The van der Waals surface area contributed by atoms with Gasteiger partial charge in [0.15, 0.2) is 0 Å². The summed E-state index contributed by atoms with van der Waals surface area (Å²) >= 11 is 0. The van der Waals surface area contributed by atoms with Gasteiger partial charge in [-0.15, -0.1) is 0 Å². The van der Waals surface area contributed by atoms with E-state index in [-0.39, 0.29) is 0 Å². The minimum absolute atomic E-state index is 0.373. The molecule has 1 unspecified atom stereocenters. The lowest BCUT2D eigenvalue weighted by Crippen LogP contribution is -2.10. The van der Waals surface area contributed by atoms with Crippen LogP contribution in [0.2, 0.25) is 0 Å². The molecule has 0 amide bonds. The Bertz CT molecular complexity index is 516. The molecular formula is C15H19N. The Labute approximate surface area is 100 Å². The third kappa shape index (κ3) is 2.35. The second-order valence-electron chi connectivity index (χ2n) is 4.10. The molecule has 1 heteroatoms. The fourth-order valence-electron chi connectivity index (χ4n) is 1.70. The van der Waals surface area contributed by atoms with E-state index in [9.17, 15) is 0 Å². The van der Waals surface area contributed by atoms with Crippen LogP contribution in [0, 0.1) is 5.92 Å². The Hall–Kier alpha value is -1.50. The lowest BCUT2D eigenvalue weighted by atomic mass is 10.1. The molecule has 0 saturated heterocycles. The van der Waals surface area contributed by atoms with Gasteiger partial charge >= 0.3 is 0 Å². The summed E-state index contributed by atoms with van der Waals surface area (Å²) in [7, 11) is 0. The molecule has 2 rings (SSSR count). The highest BCUT2D eigenvalue weighted by Gasteiger charge is 2.01. The summed E-state index contributed by atoms with van der Waals surface area (Å²) in [6, 6.07) is 12.3. The molecule has 0 spiro atoms. The number of hydrogen-bond acceptors (Lipinski definition) is 1. The SMILES string of the molecule is [2H]CC(CC)CNc1cccc2cccc([2H])c12. The Kier molecular flexibility index (Phi) is 2.71. The van der Waals surface area contributed by atoms with Crippen molar-refractivity contribution in [3.8, 4) is 0 Å². The van der Waals surface area contributed by atoms with Gasteiger partial charge in [-0.1, -0.05) is 56.6 Å². The molecular weight excluding hydrogens is 194 g/mol. The molecule has 1 atom stereocenters. The number of rotatable bonds is 4. The summed E-state index contributed by atoms with van der Waals surface area (Å²) in [5, 5.41) is 5.45. The smallest absolute Gasteiger partial charge is 0.0630 e. The zero-order valence-electron chi connectivity index (χ0n) is 11.7. The first kappa shape index (κ1) is 8.63. The summed E-state index contributed by atoms with van der Waals surface area (Å²) < 4.78 is 15.5. The van der Waals surface area contributed by atoms with Gasteiger partial charge in [0.1, 0.15) is 0 Å². The van der Waals surface area contributed by atoms with Crippen LogP contribution in [0.5, 0.6) is 0 Å². The monoisotopic (exact) mass is 215 g/mol. The van der Waals surface area contributed by atoms with Crippen molar-refractivity contribution in [1.82, 2.24) is 0 Å². The Morgan fingerprint density at radius 3 is 3.00 bits per heavy atom. The van der Waals surface area contributed by atoms with E-state index in [2.05, 4.69) is 12.2 Å². The van der Waals surface area contributed by atoms with E-state index >= 15 is 0 Å². The summed E-state index contributed by atoms with van der Waals surface area (Å²) in [4.78, 5) is 0. The maximum atomic E-state index is 8.00. The Morgan fingerprint density at radius 1 is 1.31 bits per heavy atom. The highest BCUT2D eigenvalue weighted by atomic mass is 14.9. The van der Waals surface area contributed by atoms with Crippen LogP contribution < -0.4 is 5.32 Å². The fourth-order valence-corrected chi connectivity index (χ4v) is 1.70. The molecule has 84 valence electrons. The van der Waals surface area contributed by atoms with Gasteiger partial charge in [-0.05, 0) is 17.4 Å². The Morgan fingerprint density at radius 2 is 2.19 bits per heavy atom. The maximum Gasteiger partial charge on any atom is 0.0630 e. The molecule has 0 saturated carbocycles. The van der Waals surface area contributed by atoms with Crippen molar-refractivity contribution in [2.24, 2.45) is 5.92 Å². The predicted octanol–water partition coefficient (Wildman–Crippen LogP) is 4.30. The van der Waals surface area contributed by atoms with Gasteiger partial charge in [0.25, 0.3) is 0 Å². The van der Waals surface area contributed by atoms with Gasteiger partial charge in [0, 0.05) is 19.0 Å². The van der Waals surface area contributed by atoms with Gasteiger partial charge in [-0.3, -0.25) is 0 Å². The number of anilines is 1. The summed E-state index contributed by atoms with van der Waals surface area (Å²) in [5.41, 5.74) is 1.00. The first-order valence-corrected chi connectivity index (χ1v) is 5.77. The molecule has 2 aromatic rings. The fraction of sp³-hybridized carbons (Fsp3) is 0.333. The van der Waals surface area contributed by atoms with E-state index in [0.717, 1.165) is 29.4 Å². The molecule has 0 fully saturated rings. The molecule has 0 aliphatic heterocycles. The average Bonchev–Trinajstić information content (AvgIpc) is 2.40. The van der Waals surface area contributed by atoms with Gasteiger partial charge in [0.05, 0.1) is 1.37 Å². The lowest BCUT2D eigenvalue weighted by Gasteiger charge is -2.13. The zero-order valence-corrected chi connectivity index (χ0v) is 9.66. The summed E-state index contributed by atoms with van der Waals surface area (Å²) in [6.07, 6.45) is 1.01. The van der Waals surface area contributed by atoms with Gasteiger partial charge in [-0.2, -0.15) is 0 Å². The van der Waals surface area contributed by atoms with Crippen LogP contribution in [0.4, 0.5) is 5.69 Å². The third-order valence-corrected chi connectivity index (χ3v) is 2.85. The minimum atomic E-state index is 0.373. The van der Waals surface area contributed by atoms with E-state index < -0.39 is 0 Å². The molecule has 0 aliphatic rings. The van der Waals surface area contributed by atoms with Crippen LogP contribution in [-0.2, 0) is 0 Å². The van der Waals surface area contributed by atoms with Crippen molar-refractivity contribution in [1.29, 1.82) is 0 Å². The predicted molar refractivity (Wildman–Crippen MR) is 71.9 cm³/mol. The van der Waals surface area contributed by atoms with Crippen LogP contribution in [-0.4, -0.2) is 6.54 Å². The second-order valence-corrected chi connectivity index (χ2v) is 4.10. The van der Waals surface area contributed by atoms with Crippen molar-refractivity contribution >= 4 is 16.5 Å². The van der Waals surface area contributed by atoms with Crippen LogP contribution in [0.3, 0.4) is 0 Å². The van der Waals surface area contributed by atoms with Crippen LogP contribution in [0.25, 0.3) is 10.8 Å². The third-order valence-electron chi connectivity index (χ3n) is 2.85. The molecule has 0 aromatic heterocycles. The van der Waals surface area contributed by atoms with Crippen molar-refractivity contribution < 1.29 is 2.74 Å². The Balaban J connectivity index is 2.28. The summed E-state index contributed by atoms with van der Waals surface area (Å²) in [5.74, 6) is 0.373. The van der Waals surface area contributed by atoms with Crippen molar-refractivity contribution in [2.75, 3.05) is 11.9 Å². The molecule has 0 heterocycles. The molecule has 0 bridgehead atoms. The highest BCUT2D eigenvalue weighted by molar-refractivity contribution is 5.93. The molecule has 16 heavy (non-hydrogen) atoms. The second kappa shape index (κ2) is 5.02. The van der Waals surface area contributed by atoms with Crippen molar-refractivity contribution in [2.45, 2.75) is 20.2 Å². The zero-order chi connectivity index (χ0) is 13.0. The minimum Gasteiger partial charge on any atom is -0.384 e. The molecule has 2 aromatic carbocycles. The average molecular weight is 215 g/mol. The number of fused-ring (bicyclic) bond motifs is 1. The van der Waals surface area contributed by atoms with Gasteiger partial charge in [-0.25, -0.2) is 0 Å². The lowest BCUT2D eigenvalue weighted by molar-refractivity contribution is 0.594. The van der Waals surface area contributed by atoms with Gasteiger partial charge < -0.3 is 5.32 Å². The number of hydrogen-bond donors (Lipinski definition) is 1. The maximum absolute atomic E-state index is 8.00. The largest absolute Gasteiger partial charge is 0.384 e.